The van der Waals surface area contributed by atoms with Gasteiger partial charge < -0.3 is 4.74 Å². The number of ether oxygens (including phenoxy) is 1. The van der Waals surface area contributed by atoms with Crippen LogP contribution >= 0.6 is 11.6 Å². The fraction of sp³-hybridized carbons (Fsp3) is 0. The molecule has 20 heavy (non-hydrogen) atoms. The maximum atomic E-state index is 13.7. The van der Waals surface area contributed by atoms with Crippen molar-refractivity contribution in [2.75, 3.05) is 0 Å². The molecule has 2 rings (SSSR count). The van der Waals surface area contributed by atoms with Crippen molar-refractivity contribution < 1.29 is 14.1 Å². The van der Waals surface area contributed by atoms with Crippen molar-refractivity contribution in [3.05, 3.63) is 62.9 Å². The van der Waals surface area contributed by atoms with Gasteiger partial charge in [0.05, 0.1) is 10.5 Å². The number of halogens is 2. The first-order valence-corrected chi connectivity index (χ1v) is 5.71. The number of nitro groups is 1. The Morgan fingerprint density at radius 3 is 2.75 bits per heavy atom. The smallest absolute Gasteiger partial charge is 0.314 e. The summed E-state index contributed by atoms with van der Waals surface area (Å²) in [6, 6.07) is 9.29. The number of para-hydroxylation sites is 1. The summed E-state index contributed by atoms with van der Waals surface area (Å²) >= 11 is 5.77. The van der Waals surface area contributed by atoms with Gasteiger partial charge in [-0.3, -0.25) is 10.1 Å². The quantitative estimate of drug-likeness (QED) is 0.631. The van der Waals surface area contributed by atoms with Crippen LogP contribution in [0.25, 0.3) is 0 Å². The minimum atomic E-state index is -0.900. The second-order valence-corrected chi connectivity index (χ2v) is 4.14. The molecule has 0 aliphatic heterocycles. The maximum Gasteiger partial charge on any atom is 0.314 e. The zero-order chi connectivity index (χ0) is 14.7. The number of benzene rings is 2. The summed E-state index contributed by atoms with van der Waals surface area (Å²) in [4.78, 5) is 10.1. The summed E-state index contributed by atoms with van der Waals surface area (Å²) in [6.45, 7) is 0. The van der Waals surface area contributed by atoms with E-state index in [-0.39, 0.29) is 16.3 Å². The lowest BCUT2D eigenvalue weighted by Crippen LogP contribution is -1.97. The molecule has 0 radical (unpaired) electrons. The number of nitriles is 1. The van der Waals surface area contributed by atoms with Crippen molar-refractivity contribution in [3.63, 3.8) is 0 Å². The van der Waals surface area contributed by atoms with Gasteiger partial charge in [0.15, 0.2) is 5.82 Å². The van der Waals surface area contributed by atoms with Crippen LogP contribution in [0, 0.1) is 27.3 Å². The van der Waals surface area contributed by atoms with E-state index in [1.54, 1.807) is 0 Å². The highest BCUT2D eigenvalue weighted by molar-refractivity contribution is 6.30. The summed E-state index contributed by atoms with van der Waals surface area (Å²) in [5.74, 6) is -1.51. The molecule has 0 saturated heterocycles. The van der Waals surface area contributed by atoms with Crippen LogP contribution in [0.3, 0.4) is 0 Å². The Balaban J connectivity index is 2.53. The molecule has 7 heteroatoms. The van der Waals surface area contributed by atoms with E-state index in [9.17, 15) is 14.5 Å². The standard InChI is InChI=1S/C13H6ClFN2O3/c14-9-5-4-8(7-16)12(6-9)20-13-10(15)2-1-3-11(13)17(18)19/h1-6H. The van der Waals surface area contributed by atoms with Crippen LogP contribution in [0.1, 0.15) is 5.56 Å². The van der Waals surface area contributed by atoms with E-state index in [0.29, 0.717) is 0 Å². The SMILES string of the molecule is N#Cc1ccc(Cl)cc1Oc1c(F)cccc1[N+](=O)[O-]. The Kier molecular flexibility index (Phi) is 3.82. The molecule has 0 heterocycles. The molecule has 2 aromatic rings. The second-order valence-electron chi connectivity index (χ2n) is 3.70. The fourth-order valence-electron chi connectivity index (χ4n) is 1.53. The van der Waals surface area contributed by atoms with E-state index in [2.05, 4.69) is 0 Å². The van der Waals surface area contributed by atoms with Gasteiger partial charge in [-0.25, -0.2) is 4.39 Å². The molecule has 0 bridgehead atoms. The number of hydrogen-bond acceptors (Lipinski definition) is 4. The van der Waals surface area contributed by atoms with Gasteiger partial charge in [0.25, 0.3) is 0 Å². The molecular formula is C13H6ClFN2O3. The van der Waals surface area contributed by atoms with Crippen molar-refractivity contribution in [3.8, 4) is 17.6 Å². The van der Waals surface area contributed by atoms with E-state index in [1.165, 1.54) is 24.3 Å². The molecule has 2 aromatic carbocycles. The van der Waals surface area contributed by atoms with Crippen LogP contribution in [-0.4, -0.2) is 4.92 Å². The lowest BCUT2D eigenvalue weighted by molar-refractivity contribution is -0.385. The van der Waals surface area contributed by atoms with Crippen LogP contribution in [-0.2, 0) is 0 Å². The van der Waals surface area contributed by atoms with Crippen LogP contribution in [0.15, 0.2) is 36.4 Å². The molecule has 0 aliphatic carbocycles. The third-order valence-electron chi connectivity index (χ3n) is 2.42. The minimum Gasteiger partial charge on any atom is -0.446 e. The monoisotopic (exact) mass is 292 g/mol. The van der Waals surface area contributed by atoms with E-state index in [4.69, 9.17) is 21.6 Å². The molecule has 5 nitrogen and oxygen atoms in total. The average Bonchev–Trinajstić information content (AvgIpc) is 2.41. The number of hydrogen-bond donors (Lipinski definition) is 0. The minimum absolute atomic E-state index is 0.0480. The van der Waals surface area contributed by atoms with Gasteiger partial charge in [-0.15, -0.1) is 0 Å². The predicted octanol–water partition coefficient (Wildman–Crippen LogP) is 4.05. The molecule has 0 atom stereocenters. The van der Waals surface area contributed by atoms with Gasteiger partial charge in [-0.05, 0) is 18.2 Å². The molecule has 0 unspecified atom stereocenters. The van der Waals surface area contributed by atoms with Crippen molar-refractivity contribution in [2.24, 2.45) is 0 Å². The van der Waals surface area contributed by atoms with Gasteiger partial charge in [-0.1, -0.05) is 17.7 Å². The number of nitro benzene ring substituents is 1. The first-order chi connectivity index (χ1) is 9.52. The van der Waals surface area contributed by atoms with Gasteiger partial charge in [-0.2, -0.15) is 5.26 Å². The van der Waals surface area contributed by atoms with E-state index < -0.39 is 22.2 Å². The molecule has 100 valence electrons. The lowest BCUT2D eigenvalue weighted by atomic mass is 10.2. The summed E-state index contributed by atoms with van der Waals surface area (Å²) < 4.78 is 18.9. The van der Waals surface area contributed by atoms with Crippen LogP contribution in [0.4, 0.5) is 10.1 Å². The topological polar surface area (TPSA) is 76.2 Å². The normalized spacial score (nSPS) is 9.85. The average molecular weight is 293 g/mol. The fourth-order valence-corrected chi connectivity index (χ4v) is 1.69. The Morgan fingerprint density at radius 1 is 1.35 bits per heavy atom. The molecule has 0 fully saturated rings. The summed E-state index contributed by atoms with van der Waals surface area (Å²) in [7, 11) is 0. The van der Waals surface area contributed by atoms with Crippen LogP contribution < -0.4 is 4.74 Å². The molecular weight excluding hydrogens is 287 g/mol. The molecule has 0 aromatic heterocycles. The summed E-state index contributed by atoms with van der Waals surface area (Å²) in [5.41, 5.74) is -0.444. The zero-order valence-electron chi connectivity index (χ0n) is 9.84. The predicted molar refractivity (Wildman–Crippen MR) is 69.3 cm³/mol. The summed E-state index contributed by atoms with van der Waals surface area (Å²) in [5, 5.41) is 20.0. The molecule has 0 amide bonds. The van der Waals surface area contributed by atoms with Crippen molar-refractivity contribution in [1.82, 2.24) is 0 Å². The van der Waals surface area contributed by atoms with Crippen molar-refractivity contribution in [2.45, 2.75) is 0 Å². The van der Waals surface area contributed by atoms with Gasteiger partial charge in [0.2, 0.25) is 5.75 Å². The Bertz CT molecular complexity index is 728. The third kappa shape index (κ3) is 2.68. The molecule has 0 spiro atoms. The number of nitrogens with zero attached hydrogens (tertiary/aromatic N) is 2. The number of rotatable bonds is 3. The van der Waals surface area contributed by atoms with Crippen LogP contribution in [0.2, 0.25) is 5.02 Å². The highest BCUT2D eigenvalue weighted by Gasteiger charge is 2.21. The van der Waals surface area contributed by atoms with Gasteiger partial charge >= 0.3 is 5.69 Å². The third-order valence-corrected chi connectivity index (χ3v) is 2.65. The highest BCUT2D eigenvalue weighted by Crippen LogP contribution is 2.35. The lowest BCUT2D eigenvalue weighted by Gasteiger charge is -2.08. The van der Waals surface area contributed by atoms with Crippen LogP contribution in [0.5, 0.6) is 11.5 Å². The van der Waals surface area contributed by atoms with E-state index in [0.717, 1.165) is 12.1 Å². The first kappa shape index (κ1) is 13.8. The Hall–Kier alpha value is -2.65. The van der Waals surface area contributed by atoms with E-state index >= 15 is 0 Å². The largest absolute Gasteiger partial charge is 0.446 e. The maximum absolute atomic E-state index is 13.7. The van der Waals surface area contributed by atoms with Crippen molar-refractivity contribution >= 4 is 17.3 Å². The Labute approximate surface area is 117 Å². The molecule has 0 N–H and O–H groups in total. The highest BCUT2D eigenvalue weighted by atomic mass is 35.5. The zero-order valence-corrected chi connectivity index (χ0v) is 10.6. The second kappa shape index (κ2) is 5.55. The van der Waals surface area contributed by atoms with Gasteiger partial charge in [0, 0.05) is 17.2 Å². The summed E-state index contributed by atoms with van der Waals surface area (Å²) in [6.07, 6.45) is 0. The van der Waals surface area contributed by atoms with E-state index in [1.807, 2.05) is 6.07 Å². The molecule has 0 saturated carbocycles. The molecule has 0 aliphatic rings. The van der Waals surface area contributed by atoms with Crippen molar-refractivity contribution in [1.29, 1.82) is 5.26 Å². The van der Waals surface area contributed by atoms with Gasteiger partial charge in [0.1, 0.15) is 11.8 Å². The Morgan fingerprint density at radius 2 is 2.10 bits per heavy atom. The first-order valence-electron chi connectivity index (χ1n) is 5.33.